The number of carbonyl (C=O) groups is 2. The molecule has 0 fully saturated rings. The summed E-state index contributed by atoms with van der Waals surface area (Å²) in [4.78, 5) is 23.2. The molecule has 0 radical (unpaired) electrons. The number of aromatic hydroxyl groups is 1. The van der Waals surface area contributed by atoms with Crippen LogP contribution in [0, 0.1) is 0 Å². The van der Waals surface area contributed by atoms with Crippen molar-refractivity contribution in [1.82, 2.24) is 0 Å². The van der Waals surface area contributed by atoms with Crippen LogP contribution in [0.3, 0.4) is 0 Å². The van der Waals surface area contributed by atoms with Crippen LogP contribution in [0.5, 0.6) is 5.75 Å². The van der Waals surface area contributed by atoms with E-state index in [0.717, 1.165) is 0 Å². The maximum absolute atomic E-state index is 11.6. The maximum Gasteiger partial charge on any atom is 0.350 e. The molecule has 2 aromatic rings. The van der Waals surface area contributed by atoms with Gasteiger partial charge in [-0.25, -0.2) is 9.59 Å². The molecule has 1 heterocycles. The van der Waals surface area contributed by atoms with Crippen molar-refractivity contribution in [3.05, 3.63) is 39.9 Å². The van der Waals surface area contributed by atoms with Gasteiger partial charge in [0.2, 0.25) is 0 Å². The van der Waals surface area contributed by atoms with Crippen molar-refractivity contribution in [2.45, 2.75) is 0 Å². The molecular formula is C12H5BrO4. The minimum absolute atomic E-state index is 0.0402. The summed E-state index contributed by atoms with van der Waals surface area (Å²) in [5.74, 6) is -1.70. The molecule has 1 aliphatic heterocycles. The number of cyclic esters (lactones) is 2. The van der Waals surface area contributed by atoms with Gasteiger partial charge in [-0.15, -0.1) is 0 Å². The molecule has 2 aromatic carbocycles. The average Bonchev–Trinajstić information content (AvgIpc) is 2.27. The minimum atomic E-state index is -0.816. The molecule has 0 atom stereocenters. The van der Waals surface area contributed by atoms with Gasteiger partial charge in [-0.1, -0.05) is 28.1 Å². The van der Waals surface area contributed by atoms with E-state index in [1.807, 2.05) is 0 Å². The Labute approximate surface area is 104 Å². The Morgan fingerprint density at radius 3 is 2.71 bits per heavy atom. The van der Waals surface area contributed by atoms with Gasteiger partial charge in [-0.3, -0.25) is 0 Å². The van der Waals surface area contributed by atoms with Gasteiger partial charge >= 0.3 is 11.9 Å². The van der Waals surface area contributed by atoms with Crippen molar-refractivity contribution < 1.29 is 19.4 Å². The maximum atomic E-state index is 11.6. The standard InChI is InChI=1S/C12H5BrO4/c13-7-4-8(14)10-9-5(7)2-1-3-6(9)11(15)17-12(10)16/h1-4,14H. The molecule has 0 bridgehead atoms. The van der Waals surface area contributed by atoms with Crippen LogP contribution in [0.25, 0.3) is 10.8 Å². The highest BCUT2D eigenvalue weighted by molar-refractivity contribution is 9.10. The van der Waals surface area contributed by atoms with Gasteiger partial charge in [0.25, 0.3) is 0 Å². The Morgan fingerprint density at radius 2 is 1.94 bits per heavy atom. The molecule has 84 valence electrons. The number of ether oxygens (including phenoxy) is 1. The fourth-order valence-corrected chi connectivity index (χ4v) is 2.53. The Morgan fingerprint density at radius 1 is 1.18 bits per heavy atom. The minimum Gasteiger partial charge on any atom is -0.507 e. The Kier molecular flexibility index (Phi) is 2.00. The lowest BCUT2D eigenvalue weighted by atomic mass is 9.96. The highest BCUT2D eigenvalue weighted by Crippen LogP contribution is 2.38. The van der Waals surface area contributed by atoms with Gasteiger partial charge in [0.05, 0.1) is 5.56 Å². The zero-order chi connectivity index (χ0) is 12.2. The summed E-state index contributed by atoms with van der Waals surface area (Å²) in [5.41, 5.74) is 0.326. The van der Waals surface area contributed by atoms with E-state index in [2.05, 4.69) is 20.7 Å². The van der Waals surface area contributed by atoms with Crippen molar-refractivity contribution in [2.75, 3.05) is 0 Å². The molecule has 0 aliphatic carbocycles. The second-order valence-corrected chi connectivity index (χ2v) is 4.51. The quantitative estimate of drug-likeness (QED) is 0.599. The van der Waals surface area contributed by atoms with E-state index >= 15 is 0 Å². The Bertz CT molecular complexity index is 690. The van der Waals surface area contributed by atoms with Crippen molar-refractivity contribution in [3.63, 3.8) is 0 Å². The SMILES string of the molecule is O=C1OC(=O)c2c(O)cc(Br)c3cccc1c23. The molecule has 17 heavy (non-hydrogen) atoms. The fraction of sp³-hybridized carbons (Fsp3) is 0. The number of phenolic OH excluding ortho intramolecular Hbond substituents is 1. The average molecular weight is 293 g/mol. The highest BCUT2D eigenvalue weighted by Gasteiger charge is 2.30. The van der Waals surface area contributed by atoms with Gasteiger partial charge in [0.15, 0.2) is 0 Å². The molecule has 0 spiro atoms. The second-order valence-electron chi connectivity index (χ2n) is 3.66. The second kappa shape index (κ2) is 3.30. The number of hydrogen-bond donors (Lipinski definition) is 1. The summed E-state index contributed by atoms with van der Waals surface area (Å²) in [5, 5.41) is 10.9. The van der Waals surface area contributed by atoms with Crippen molar-refractivity contribution in [2.24, 2.45) is 0 Å². The van der Waals surface area contributed by atoms with E-state index in [-0.39, 0.29) is 16.9 Å². The van der Waals surface area contributed by atoms with E-state index in [4.69, 9.17) is 0 Å². The van der Waals surface area contributed by atoms with Crippen molar-refractivity contribution >= 4 is 38.6 Å². The molecule has 4 nitrogen and oxygen atoms in total. The molecule has 5 heteroatoms. The first kappa shape index (κ1) is 10.3. The highest BCUT2D eigenvalue weighted by atomic mass is 79.9. The van der Waals surface area contributed by atoms with Crippen LogP contribution < -0.4 is 0 Å². The number of rotatable bonds is 0. The molecule has 1 N–H and O–H groups in total. The van der Waals surface area contributed by atoms with Gasteiger partial charge in [-0.05, 0) is 17.5 Å². The lowest BCUT2D eigenvalue weighted by Crippen LogP contribution is -2.19. The van der Waals surface area contributed by atoms with Crippen LogP contribution >= 0.6 is 15.9 Å². The third-order valence-electron chi connectivity index (χ3n) is 2.70. The number of hydrogen-bond acceptors (Lipinski definition) is 4. The predicted molar refractivity (Wildman–Crippen MR) is 63.1 cm³/mol. The predicted octanol–water partition coefficient (Wildman–Crippen LogP) is 2.62. The summed E-state index contributed by atoms with van der Waals surface area (Å²) < 4.78 is 5.19. The van der Waals surface area contributed by atoms with E-state index in [1.165, 1.54) is 6.07 Å². The van der Waals surface area contributed by atoms with Crippen molar-refractivity contribution in [1.29, 1.82) is 0 Å². The topological polar surface area (TPSA) is 63.6 Å². The van der Waals surface area contributed by atoms with Crippen LogP contribution in [-0.4, -0.2) is 17.0 Å². The van der Waals surface area contributed by atoms with E-state index in [9.17, 15) is 14.7 Å². The summed E-state index contributed by atoms with van der Waals surface area (Å²) in [6.07, 6.45) is 0. The Balaban J connectivity index is 2.61. The molecule has 0 aromatic heterocycles. The number of carbonyl (C=O) groups excluding carboxylic acids is 2. The largest absolute Gasteiger partial charge is 0.507 e. The monoisotopic (exact) mass is 292 g/mol. The molecule has 0 unspecified atom stereocenters. The fourth-order valence-electron chi connectivity index (χ4n) is 1.99. The first-order valence-electron chi connectivity index (χ1n) is 4.80. The van der Waals surface area contributed by atoms with E-state index in [1.54, 1.807) is 18.2 Å². The Hall–Kier alpha value is -1.88. The smallest absolute Gasteiger partial charge is 0.350 e. The van der Waals surface area contributed by atoms with Crippen LogP contribution in [0.2, 0.25) is 0 Å². The zero-order valence-corrected chi connectivity index (χ0v) is 9.95. The first-order chi connectivity index (χ1) is 8.09. The van der Waals surface area contributed by atoms with Crippen molar-refractivity contribution in [3.8, 4) is 5.75 Å². The summed E-state index contributed by atoms with van der Waals surface area (Å²) in [6, 6.07) is 6.43. The molecule has 0 amide bonds. The van der Waals surface area contributed by atoms with Gasteiger partial charge in [0.1, 0.15) is 11.3 Å². The third kappa shape index (κ3) is 1.29. The molecule has 0 saturated carbocycles. The lowest BCUT2D eigenvalue weighted by molar-refractivity contribution is 0.0389. The third-order valence-corrected chi connectivity index (χ3v) is 3.36. The van der Waals surface area contributed by atoms with Crippen LogP contribution in [0.15, 0.2) is 28.7 Å². The van der Waals surface area contributed by atoms with Crippen LogP contribution in [0.4, 0.5) is 0 Å². The van der Waals surface area contributed by atoms with Gasteiger partial charge in [-0.2, -0.15) is 0 Å². The van der Waals surface area contributed by atoms with Gasteiger partial charge in [0, 0.05) is 9.86 Å². The zero-order valence-electron chi connectivity index (χ0n) is 8.36. The number of esters is 2. The number of phenols is 1. The summed E-state index contributed by atoms with van der Waals surface area (Å²) in [6.45, 7) is 0. The van der Waals surface area contributed by atoms with Crippen LogP contribution in [-0.2, 0) is 4.74 Å². The molecule has 1 aliphatic rings. The summed E-state index contributed by atoms with van der Waals surface area (Å²) in [7, 11) is 0. The summed E-state index contributed by atoms with van der Waals surface area (Å²) >= 11 is 3.29. The molecule has 0 saturated heterocycles. The van der Waals surface area contributed by atoms with Gasteiger partial charge < -0.3 is 9.84 Å². The molecular weight excluding hydrogens is 288 g/mol. The van der Waals surface area contributed by atoms with E-state index in [0.29, 0.717) is 15.2 Å². The number of halogens is 1. The molecule has 3 rings (SSSR count). The first-order valence-corrected chi connectivity index (χ1v) is 5.59. The van der Waals surface area contributed by atoms with E-state index < -0.39 is 11.9 Å². The van der Waals surface area contributed by atoms with Crippen LogP contribution in [0.1, 0.15) is 20.7 Å². The normalized spacial score (nSPS) is 13.9. The lowest BCUT2D eigenvalue weighted by Gasteiger charge is -2.17. The number of benzene rings is 2.